The zero-order chi connectivity index (χ0) is 24.1. The van der Waals surface area contributed by atoms with Gasteiger partial charge < -0.3 is 26.2 Å². The van der Waals surface area contributed by atoms with E-state index in [9.17, 15) is 34.8 Å². The first-order valence-corrected chi connectivity index (χ1v) is 11.0. The predicted molar refractivity (Wildman–Crippen MR) is 116 cm³/mol. The first-order valence-electron chi connectivity index (χ1n) is 11.0. The second kappa shape index (κ2) is 6.68. The molecule has 1 amide bonds. The third kappa shape index (κ3) is 2.41. The third-order valence-corrected chi connectivity index (χ3v) is 8.51. The molecule has 9 nitrogen and oxygen atoms in total. The third-order valence-electron chi connectivity index (χ3n) is 8.51. The lowest BCUT2D eigenvalue weighted by Gasteiger charge is -2.56. The lowest BCUT2D eigenvalue weighted by Crippen LogP contribution is -2.69. The molecule has 9 heteroatoms. The number of ketones is 2. The number of primary amides is 1. The van der Waals surface area contributed by atoms with Gasteiger partial charge in [0.25, 0.3) is 5.91 Å². The maximum Gasteiger partial charge on any atom is 0.255 e. The van der Waals surface area contributed by atoms with Crippen molar-refractivity contribution in [2.75, 3.05) is 7.05 Å². The molecule has 1 saturated heterocycles. The maximum atomic E-state index is 13.8. The van der Waals surface area contributed by atoms with Gasteiger partial charge in [-0.05, 0) is 49.8 Å². The molecule has 1 aromatic carbocycles. The summed E-state index contributed by atoms with van der Waals surface area (Å²) in [4.78, 5) is 41.0. The number of benzene rings is 1. The van der Waals surface area contributed by atoms with E-state index in [0.29, 0.717) is 5.56 Å². The van der Waals surface area contributed by atoms with Crippen molar-refractivity contribution in [3.05, 3.63) is 46.2 Å². The Labute approximate surface area is 189 Å². The van der Waals surface area contributed by atoms with Gasteiger partial charge in [-0.25, -0.2) is 0 Å². The molecule has 1 saturated carbocycles. The van der Waals surface area contributed by atoms with Crippen molar-refractivity contribution >= 4 is 23.2 Å². The van der Waals surface area contributed by atoms with E-state index >= 15 is 0 Å². The molecule has 2 unspecified atom stereocenters. The number of hydrogen-bond acceptors (Lipinski definition) is 8. The molecule has 0 radical (unpaired) electrons. The van der Waals surface area contributed by atoms with Gasteiger partial charge in [0.1, 0.15) is 22.8 Å². The van der Waals surface area contributed by atoms with Crippen LogP contribution in [0.1, 0.15) is 37.3 Å². The second-order valence-corrected chi connectivity index (χ2v) is 9.74. The van der Waals surface area contributed by atoms with Crippen molar-refractivity contribution in [1.82, 2.24) is 4.90 Å². The van der Waals surface area contributed by atoms with Gasteiger partial charge in [0.2, 0.25) is 5.78 Å². The van der Waals surface area contributed by atoms with Crippen LogP contribution in [0.5, 0.6) is 5.75 Å². The Kier molecular flexibility index (Phi) is 4.38. The largest absolute Gasteiger partial charge is 0.508 e. The van der Waals surface area contributed by atoms with E-state index in [2.05, 4.69) is 0 Å². The Bertz CT molecular complexity index is 1200. The molecule has 174 valence electrons. The minimum Gasteiger partial charge on any atom is -0.508 e. The van der Waals surface area contributed by atoms with Crippen molar-refractivity contribution in [3.63, 3.8) is 0 Å². The van der Waals surface area contributed by atoms with E-state index in [0.717, 1.165) is 0 Å². The van der Waals surface area contributed by atoms with Crippen LogP contribution in [0.15, 0.2) is 35.1 Å². The van der Waals surface area contributed by atoms with E-state index in [4.69, 9.17) is 5.73 Å². The number of amides is 1. The minimum atomic E-state index is -2.61. The number of nitrogens with zero attached hydrogens (tertiary/aromatic N) is 1. The smallest absolute Gasteiger partial charge is 0.255 e. The second-order valence-electron chi connectivity index (χ2n) is 9.74. The molecule has 5 rings (SSSR count). The van der Waals surface area contributed by atoms with Crippen molar-refractivity contribution in [1.29, 1.82) is 0 Å². The van der Waals surface area contributed by atoms with Crippen LogP contribution in [-0.4, -0.2) is 67.5 Å². The number of carbonyl (C=O) groups is 3. The zero-order valence-electron chi connectivity index (χ0n) is 18.4. The van der Waals surface area contributed by atoms with Crippen molar-refractivity contribution in [2.24, 2.45) is 23.5 Å². The van der Waals surface area contributed by atoms with Crippen LogP contribution in [-0.2, 0) is 14.4 Å². The molecule has 3 aliphatic carbocycles. The van der Waals surface area contributed by atoms with Crippen LogP contribution in [0.3, 0.4) is 0 Å². The molecule has 2 bridgehead atoms. The fourth-order valence-electron chi connectivity index (χ4n) is 6.72. The van der Waals surface area contributed by atoms with Gasteiger partial charge in [0, 0.05) is 17.5 Å². The average Bonchev–Trinajstić information content (AvgIpc) is 2.74. The Morgan fingerprint density at radius 2 is 1.85 bits per heavy atom. The number of phenolic OH excluding ortho intramolecular Hbond substituents is 1. The maximum absolute atomic E-state index is 13.8. The van der Waals surface area contributed by atoms with Crippen LogP contribution in [0.25, 0.3) is 5.76 Å². The normalized spacial score (nSPS) is 38.1. The monoisotopic (exact) mass is 454 g/mol. The summed E-state index contributed by atoms with van der Waals surface area (Å²) in [7, 11) is 1.69. The number of likely N-dealkylation sites (N-methyl/N-ethyl adjacent to an activating group) is 1. The lowest BCUT2D eigenvalue weighted by atomic mass is 9.52. The van der Waals surface area contributed by atoms with E-state index in [1.165, 1.54) is 6.07 Å². The van der Waals surface area contributed by atoms with Crippen molar-refractivity contribution in [3.8, 4) is 5.75 Å². The summed E-state index contributed by atoms with van der Waals surface area (Å²) in [5.74, 6) is -6.74. The highest BCUT2D eigenvalue weighted by atomic mass is 16.3. The number of fused-ring (bicyclic) bond motifs is 2. The number of likely N-dealkylation sites (tertiary alicyclic amines) is 1. The minimum absolute atomic E-state index is 0.106. The standard InChI is InChI=1S/C24H26N2O7/c1-8-9(2)26(3)18-12-7-11-14(8)10-5-4-6-13(27)15(10)19(28)16(11)21(30)24(12,33)22(31)17(20(18)29)23(25)32/h4-6,8-9,11-12,14,18,27-28,31,33H,7H2,1-3H3,(H2,25,32)/t8?,9?,11-,12+,14+,18+,24+/m1/s1. The molecule has 1 aromatic rings. The van der Waals surface area contributed by atoms with Gasteiger partial charge >= 0.3 is 0 Å². The Hall–Kier alpha value is -3.17. The van der Waals surface area contributed by atoms with Gasteiger partial charge in [-0.15, -0.1) is 0 Å². The number of Topliss-reactive ketones (excluding diaryl/α,β-unsaturated/α-hetero) is 2. The van der Waals surface area contributed by atoms with Gasteiger partial charge in [0.05, 0.1) is 11.6 Å². The van der Waals surface area contributed by atoms with E-state index in [-0.39, 0.29) is 41.2 Å². The average molecular weight is 454 g/mol. The quantitative estimate of drug-likeness (QED) is 0.391. The van der Waals surface area contributed by atoms with E-state index in [1.807, 2.05) is 13.8 Å². The number of hydrogen-bond donors (Lipinski definition) is 5. The van der Waals surface area contributed by atoms with E-state index < -0.39 is 58.0 Å². The molecule has 6 N–H and O–H groups in total. The van der Waals surface area contributed by atoms with E-state index in [1.54, 1.807) is 24.1 Å². The number of aliphatic hydroxyl groups excluding tert-OH is 2. The molecular formula is C24H26N2O7. The number of carbonyl (C=O) groups excluding carboxylic acids is 3. The Morgan fingerprint density at radius 3 is 2.48 bits per heavy atom. The highest BCUT2D eigenvalue weighted by Gasteiger charge is 2.67. The molecule has 1 heterocycles. The summed E-state index contributed by atoms with van der Waals surface area (Å²) < 4.78 is 0. The fraction of sp³-hybridized carbons (Fsp3) is 0.458. The zero-order valence-corrected chi connectivity index (χ0v) is 18.4. The summed E-state index contributed by atoms with van der Waals surface area (Å²) in [6, 6.07) is 3.55. The summed E-state index contributed by atoms with van der Waals surface area (Å²) in [6.07, 6.45) is 0.106. The highest BCUT2D eigenvalue weighted by molar-refractivity contribution is 6.24. The first kappa shape index (κ1) is 21.7. The Morgan fingerprint density at radius 1 is 1.18 bits per heavy atom. The molecule has 0 aromatic heterocycles. The van der Waals surface area contributed by atoms with Crippen LogP contribution in [0, 0.1) is 17.8 Å². The number of nitrogens with two attached hydrogens (primary N) is 1. The van der Waals surface area contributed by atoms with Gasteiger partial charge in [-0.2, -0.15) is 0 Å². The van der Waals surface area contributed by atoms with Gasteiger partial charge in [0.15, 0.2) is 11.4 Å². The molecular weight excluding hydrogens is 428 g/mol. The lowest BCUT2D eigenvalue weighted by molar-refractivity contribution is -0.159. The molecule has 7 atom stereocenters. The summed E-state index contributed by atoms with van der Waals surface area (Å²) in [5, 5.41) is 44.3. The summed E-state index contributed by atoms with van der Waals surface area (Å²) in [5.41, 5.74) is 2.67. The topological polar surface area (TPSA) is 161 Å². The number of aliphatic hydroxyl groups is 3. The SMILES string of the molecule is CC1C(C)N(C)[C@@H]2C(=O)C(C(N)=O)=C(O)[C@@]3(O)C(=O)C4=C(O)c5c(O)cccc5[C@H]1[C@H]4C[C@@H]23. The highest BCUT2D eigenvalue weighted by Crippen LogP contribution is 2.59. The molecule has 2 fully saturated rings. The number of rotatable bonds is 1. The molecule has 0 spiro atoms. The molecule has 4 aliphatic rings. The van der Waals surface area contributed by atoms with Gasteiger partial charge in [-0.3, -0.25) is 19.3 Å². The van der Waals surface area contributed by atoms with Crippen LogP contribution in [0.2, 0.25) is 0 Å². The molecule has 1 aliphatic heterocycles. The van der Waals surface area contributed by atoms with Crippen molar-refractivity contribution in [2.45, 2.75) is 43.9 Å². The number of phenols is 1. The Balaban J connectivity index is 1.89. The van der Waals surface area contributed by atoms with Gasteiger partial charge in [-0.1, -0.05) is 19.1 Å². The van der Waals surface area contributed by atoms with Crippen molar-refractivity contribution < 1.29 is 34.8 Å². The molecule has 33 heavy (non-hydrogen) atoms. The summed E-state index contributed by atoms with van der Waals surface area (Å²) >= 11 is 0. The number of aromatic hydroxyl groups is 1. The fourth-order valence-corrected chi connectivity index (χ4v) is 6.72. The van der Waals surface area contributed by atoms with Crippen LogP contribution < -0.4 is 5.73 Å². The van der Waals surface area contributed by atoms with Crippen LogP contribution in [0.4, 0.5) is 0 Å². The first-order chi connectivity index (χ1) is 15.4. The summed E-state index contributed by atoms with van der Waals surface area (Å²) in [6.45, 7) is 3.88. The van der Waals surface area contributed by atoms with Crippen LogP contribution >= 0.6 is 0 Å². The predicted octanol–water partition coefficient (Wildman–Crippen LogP) is 0.914.